The lowest BCUT2D eigenvalue weighted by Gasteiger charge is -2.21. The Balaban J connectivity index is 1.80. The Morgan fingerprint density at radius 1 is 1.08 bits per heavy atom. The first-order valence-corrected chi connectivity index (χ1v) is 12.1. The van der Waals surface area contributed by atoms with E-state index in [4.69, 9.17) is 11.6 Å². The van der Waals surface area contributed by atoms with Crippen LogP contribution in [0.3, 0.4) is 0 Å². The van der Waals surface area contributed by atoms with E-state index in [2.05, 4.69) is 16.0 Å². The van der Waals surface area contributed by atoms with E-state index in [1.165, 1.54) is 6.07 Å². The number of ketones is 1. The number of carbonyl (C=O) groups is 5. The van der Waals surface area contributed by atoms with Gasteiger partial charge in [0.1, 0.15) is 6.04 Å². The zero-order valence-electron chi connectivity index (χ0n) is 20.0. The van der Waals surface area contributed by atoms with E-state index in [0.29, 0.717) is 12.8 Å². The highest BCUT2D eigenvalue weighted by atomic mass is 35.5. The minimum Gasteiger partial charge on any atom is -0.347 e. The predicted octanol–water partition coefficient (Wildman–Crippen LogP) is 3.02. The quantitative estimate of drug-likeness (QED) is 0.248. The minimum atomic E-state index is -4.75. The molecule has 0 radical (unpaired) electrons. The predicted molar refractivity (Wildman–Crippen MR) is 124 cm³/mol. The van der Waals surface area contributed by atoms with Gasteiger partial charge in [-0.1, -0.05) is 11.6 Å². The first-order chi connectivity index (χ1) is 18.0. The van der Waals surface area contributed by atoms with Gasteiger partial charge in [-0.2, -0.15) is 26.3 Å². The Morgan fingerprint density at radius 2 is 1.74 bits per heavy atom. The zero-order chi connectivity index (χ0) is 29.1. The van der Waals surface area contributed by atoms with Crippen LogP contribution in [-0.4, -0.2) is 59.9 Å². The van der Waals surface area contributed by atoms with Crippen LogP contribution >= 0.6 is 11.6 Å². The van der Waals surface area contributed by atoms with Crippen molar-refractivity contribution in [1.29, 1.82) is 0 Å². The van der Waals surface area contributed by atoms with Crippen molar-refractivity contribution in [2.75, 3.05) is 5.32 Å². The number of anilines is 1. The monoisotopic (exact) mass is 584 g/mol. The van der Waals surface area contributed by atoms with E-state index in [0.717, 1.165) is 12.1 Å². The number of Topliss-reactive ketones (excluding diaryl/α,β-unsaturated/α-hetero) is 1. The van der Waals surface area contributed by atoms with Gasteiger partial charge in [-0.05, 0) is 43.9 Å². The van der Waals surface area contributed by atoms with Crippen LogP contribution in [0.15, 0.2) is 18.2 Å². The molecule has 0 aromatic heterocycles. The first-order valence-electron chi connectivity index (χ1n) is 11.7. The normalized spacial score (nSPS) is 20.1. The molecule has 1 aromatic carbocycles. The molecule has 1 aliphatic carbocycles. The van der Waals surface area contributed by atoms with Gasteiger partial charge in [0.25, 0.3) is 11.8 Å². The topological polar surface area (TPSA) is 133 Å². The molecule has 214 valence electrons. The molecule has 9 nitrogen and oxygen atoms in total. The highest BCUT2D eigenvalue weighted by Crippen LogP contribution is 2.32. The fraction of sp³-hybridized carbons (Fsp3) is 0.522. The van der Waals surface area contributed by atoms with E-state index in [1.807, 2.05) is 0 Å². The lowest BCUT2D eigenvalue weighted by Crippen LogP contribution is -2.49. The van der Waals surface area contributed by atoms with E-state index in [-0.39, 0.29) is 16.8 Å². The van der Waals surface area contributed by atoms with Crippen LogP contribution in [0, 0.1) is 5.92 Å². The number of hydrogen-bond donors (Lipinski definition) is 4. The van der Waals surface area contributed by atoms with Crippen LogP contribution in [0.5, 0.6) is 0 Å². The van der Waals surface area contributed by atoms with Crippen molar-refractivity contribution in [2.24, 2.45) is 5.92 Å². The summed E-state index contributed by atoms with van der Waals surface area (Å²) in [6.45, 7) is 0. The van der Waals surface area contributed by atoms with Gasteiger partial charge in [-0.25, -0.2) is 0 Å². The molecule has 1 saturated heterocycles. The minimum absolute atomic E-state index is 0.0361. The van der Waals surface area contributed by atoms with Crippen LogP contribution in [0.25, 0.3) is 0 Å². The average molecular weight is 585 g/mol. The highest BCUT2D eigenvalue weighted by Gasteiger charge is 2.49. The summed E-state index contributed by atoms with van der Waals surface area (Å²) in [4.78, 5) is 62.5. The number of carbonyl (C=O) groups excluding carboxylic acids is 5. The zero-order valence-corrected chi connectivity index (χ0v) is 20.7. The molecular weight excluding hydrogens is 562 g/mol. The van der Waals surface area contributed by atoms with Crippen LogP contribution in [-0.2, 0) is 19.2 Å². The summed E-state index contributed by atoms with van der Waals surface area (Å²) in [5.41, 5.74) is -0.666. The van der Waals surface area contributed by atoms with Gasteiger partial charge in [-0.15, -0.1) is 0 Å². The van der Waals surface area contributed by atoms with E-state index in [9.17, 15) is 50.3 Å². The van der Waals surface area contributed by atoms with Crippen LogP contribution in [0.1, 0.15) is 48.9 Å². The smallest absolute Gasteiger partial charge is 0.347 e. The molecule has 4 amide bonds. The van der Waals surface area contributed by atoms with Crippen LogP contribution in [0.4, 0.5) is 32.0 Å². The van der Waals surface area contributed by atoms with Crippen molar-refractivity contribution in [3.63, 3.8) is 0 Å². The van der Waals surface area contributed by atoms with Gasteiger partial charge in [-0.3, -0.25) is 24.0 Å². The number of hydrogen-bond acceptors (Lipinski definition) is 5. The molecular formula is C23H23ClF6N4O5. The Morgan fingerprint density at radius 3 is 2.31 bits per heavy atom. The lowest BCUT2D eigenvalue weighted by atomic mass is 9.93. The van der Waals surface area contributed by atoms with Crippen molar-refractivity contribution >= 4 is 46.7 Å². The van der Waals surface area contributed by atoms with Crippen molar-refractivity contribution in [3.8, 4) is 0 Å². The molecule has 2 aliphatic rings. The third-order valence-corrected chi connectivity index (χ3v) is 6.25. The molecule has 1 aromatic rings. The third kappa shape index (κ3) is 8.83. The number of amides is 4. The molecule has 3 atom stereocenters. The Bertz CT molecular complexity index is 1150. The summed E-state index contributed by atoms with van der Waals surface area (Å²) in [7, 11) is 0. The fourth-order valence-electron chi connectivity index (χ4n) is 3.83. The van der Waals surface area contributed by atoms with Crippen LogP contribution in [0.2, 0.25) is 5.02 Å². The number of rotatable bonds is 10. The summed E-state index contributed by atoms with van der Waals surface area (Å²) in [6, 6.07) is -0.806. The molecule has 0 unspecified atom stereocenters. The standard InChI is InChI=1S/C23H23ClF6N4O5/c24-11-1-4-14(32-17(35)5-6-22(25,26)27)13(9-11)20(38)33-15(18(36)21(39)31-12-2-3-12)7-10-8-16(23(28,29)30)34-19(10)37/h1,4,9-10,12,15-16H,2-3,5-8H2,(H,31,39)(H,32,35)(H,33,38)(H,34,37)/t10-,15+,16+/m1/s1. The van der Waals surface area contributed by atoms with Gasteiger partial charge in [0, 0.05) is 23.4 Å². The average Bonchev–Trinajstić information content (AvgIpc) is 3.56. The number of benzene rings is 1. The Labute approximate surface area is 222 Å². The maximum absolute atomic E-state index is 13.1. The van der Waals surface area contributed by atoms with E-state index >= 15 is 0 Å². The molecule has 16 heteroatoms. The molecule has 0 spiro atoms. The molecule has 1 heterocycles. The fourth-order valence-corrected chi connectivity index (χ4v) is 4.01. The summed E-state index contributed by atoms with van der Waals surface area (Å²) in [5.74, 6) is -6.92. The van der Waals surface area contributed by atoms with E-state index < -0.39 is 91.0 Å². The van der Waals surface area contributed by atoms with Crippen molar-refractivity contribution in [3.05, 3.63) is 28.8 Å². The molecule has 1 aliphatic heterocycles. The molecule has 3 rings (SSSR count). The van der Waals surface area contributed by atoms with E-state index in [1.54, 1.807) is 5.32 Å². The van der Waals surface area contributed by atoms with Gasteiger partial charge < -0.3 is 21.3 Å². The Hall–Kier alpha value is -3.36. The number of nitrogens with one attached hydrogen (secondary N) is 4. The lowest BCUT2D eigenvalue weighted by molar-refractivity contribution is -0.155. The summed E-state index contributed by atoms with van der Waals surface area (Å²) in [5, 5.41) is 8.48. The second-order valence-corrected chi connectivity index (χ2v) is 9.70. The van der Waals surface area contributed by atoms with Gasteiger partial charge >= 0.3 is 12.4 Å². The van der Waals surface area contributed by atoms with Crippen molar-refractivity contribution < 1.29 is 50.3 Å². The van der Waals surface area contributed by atoms with Gasteiger partial charge in [0.05, 0.1) is 23.7 Å². The largest absolute Gasteiger partial charge is 0.408 e. The second-order valence-electron chi connectivity index (χ2n) is 9.26. The molecule has 4 N–H and O–H groups in total. The first kappa shape index (κ1) is 30.2. The second kappa shape index (κ2) is 11.8. The van der Waals surface area contributed by atoms with Gasteiger partial charge in [0.2, 0.25) is 17.6 Å². The molecule has 0 bridgehead atoms. The molecule has 1 saturated carbocycles. The Kier molecular flexibility index (Phi) is 9.13. The third-order valence-electron chi connectivity index (χ3n) is 6.02. The summed E-state index contributed by atoms with van der Waals surface area (Å²) < 4.78 is 76.6. The van der Waals surface area contributed by atoms with Crippen molar-refractivity contribution in [2.45, 2.75) is 69.0 Å². The van der Waals surface area contributed by atoms with Gasteiger partial charge in [0.15, 0.2) is 0 Å². The summed E-state index contributed by atoms with van der Waals surface area (Å²) >= 11 is 5.92. The molecule has 39 heavy (non-hydrogen) atoms. The molecule has 2 fully saturated rings. The number of alkyl halides is 6. The highest BCUT2D eigenvalue weighted by molar-refractivity contribution is 6.38. The van der Waals surface area contributed by atoms with Crippen LogP contribution < -0.4 is 21.3 Å². The van der Waals surface area contributed by atoms with Crippen molar-refractivity contribution in [1.82, 2.24) is 16.0 Å². The number of halogens is 7. The maximum atomic E-state index is 13.1. The maximum Gasteiger partial charge on any atom is 0.408 e. The SMILES string of the molecule is O=C(CCC(F)(F)F)Nc1ccc(Cl)cc1C(=O)N[C@@H](C[C@@H]1C[C@@H](C(F)(F)F)NC1=O)C(=O)C(=O)NC1CC1. The summed E-state index contributed by atoms with van der Waals surface area (Å²) in [6.07, 6.45) is -11.9.